The lowest BCUT2D eigenvalue weighted by Gasteiger charge is -2.07. The SMILES string of the molecule is N#Cc1ccc(NC(=O)CCS(=O)(=O)c2ccccc2)cc1Cl. The molecular formula is C16H13ClN2O3S. The third-order valence-corrected chi connectivity index (χ3v) is 5.12. The number of amides is 1. The van der Waals surface area contributed by atoms with Gasteiger partial charge < -0.3 is 5.32 Å². The van der Waals surface area contributed by atoms with Crippen molar-refractivity contribution in [3.63, 3.8) is 0 Å². The first-order chi connectivity index (χ1) is 10.9. The zero-order valence-electron chi connectivity index (χ0n) is 12.0. The van der Waals surface area contributed by atoms with Crippen molar-refractivity contribution in [1.82, 2.24) is 0 Å². The van der Waals surface area contributed by atoms with E-state index in [1.807, 2.05) is 6.07 Å². The van der Waals surface area contributed by atoms with Crippen molar-refractivity contribution in [3.8, 4) is 6.07 Å². The second-order valence-electron chi connectivity index (χ2n) is 4.74. The predicted molar refractivity (Wildman–Crippen MR) is 87.9 cm³/mol. The molecule has 0 bridgehead atoms. The molecule has 7 heteroatoms. The summed E-state index contributed by atoms with van der Waals surface area (Å²) < 4.78 is 24.2. The lowest BCUT2D eigenvalue weighted by atomic mass is 10.2. The monoisotopic (exact) mass is 348 g/mol. The van der Waals surface area contributed by atoms with Crippen LogP contribution in [0.3, 0.4) is 0 Å². The summed E-state index contributed by atoms with van der Waals surface area (Å²) in [5, 5.41) is 11.6. The molecule has 2 rings (SSSR count). The topological polar surface area (TPSA) is 87.0 Å². The highest BCUT2D eigenvalue weighted by molar-refractivity contribution is 7.91. The molecule has 118 valence electrons. The Balaban J connectivity index is 1.98. The maximum absolute atomic E-state index is 12.1. The minimum absolute atomic E-state index is 0.172. The van der Waals surface area contributed by atoms with Gasteiger partial charge in [-0.2, -0.15) is 5.26 Å². The molecule has 0 spiro atoms. The van der Waals surface area contributed by atoms with Crippen LogP contribution >= 0.6 is 11.6 Å². The smallest absolute Gasteiger partial charge is 0.225 e. The van der Waals surface area contributed by atoms with Crippen molar-refractivity contribution in [3.05, 3.63) is 59.1 Å². The van der Waals surface area contributed by atoms with Gasteiger partial charge in [-0.15, -0.1) is 0 Å². The number of nitriles is 1. The summed E-state index contributed by atoms with van der Waals surface area (Å²) >= 11 is 5.87. The third-order valence-electron chi connectivity index (χ3n) is 3.07. The van der Waals surface area contributed by atoms with Gasteiger partial charge in [-0.3, -0.25) is 4.79 Å². The lowest BCUT2D eigenvalue weighted by molar-refractivity contribution is -0.115. The molecular weight excluding hydrogens is 336 g/mol. The average molecular weight is 349 g/mol. The van der Waals surface area contributed by atoms with Crippen LogP contribution in [0.1, 0.15) is 12.0 Å². The van der Waals surface area contributed by atoms with Gasteiger partial charge >= 0.3 is 0 Å². The van der Waals surface area contributed by atoms with E-state index >= 15 is 0 Å². The van der Waals surface area contributed by atoms with Crippen molar-refractivity contribution in [2.45, 2.75) is 11.3 Å². The fraction of sp³-hybridized carbons (Fsp3) is 0.125. The number of sulfone groups is 1. The zero-order chi connectivity index (χ0) is 16.9. The molecule has 23 heavy (non-hydrogen) atoms. The van der Waals surface area contributed by atoms with E-state index in [-0.39, 0.29) is 22.1 Å². The molecule has 0 radical (unpaired) electrons. The van der Waals surface area contributed by atoms with Crippen LogP contribution in [-0.2, 0) is 14.6 Å². The first kappa shape index (κ1) is 17.0. The van der Waals surface area contributed by atoms with Crippen LogP contribution in [0.4, 0.5) is 5.69 Å². The summed E-state index contributed by atoms with van der Waals surface area (Å²) in [6, 6.07) is 14.4. The molecule has 1 amide bonds. The number of carbonyl (C=O) groups excluding carboxylic acids is 1. The van der Waals surface area contributed by atoms with Gasteiger partial charge in [-0.25, -0.2) is 8.42 Å². The Bertz CT molecular complexity index is 859. The number of nitrogens with zero attached hydrogens (tertiary/aromatic N) is 1. The molecule has 0 saturated heterocycles. The molecule has 0 heterocycles. The average Bonchev–Trinajstić information content (AvgIpc) is 2.54. The van der Waals surface area contributed by atoms with Gasteiger partial charge in [0.2, 0.25) is 5.91 Å². The van der Waals surface area contributed by atoms with E-state index in [0.29, 0.717) is 11.3 Å². The van der Waals surface area contributed by atoms with Gasteiger partial charge in [0, 0.05) is 12.1 Å². The first-order valence-electron chi connectivity index (χ1n) is 6.70. The van der Waals surface area contributed by atoms with E-state index in [4.69, 9.17) is 16.9 Å². The van der Waals surface area contributed by atoms with Gasteiger partial charge in [-0.05, 0) is 30.3 Å². The van der Waals surface area contributed by atoms with E-state index in [2.05, 4.69) is 5.32 Å². The lowest BCUT2D eigenvalue weighted by Crippen LogP contribution is -2.17. The highest BCUT2D eigenvalue weighted by Gasteiger charge is 2.16. The van der Waals surface area contributed by atoms with Crippen LogP contribution in [0.15, 0.2) is 53.4 Å². The van der Waals surface area contributed by atoms with Crippen molar-refractivity contribution in [2.75, 3.05) is 11.1 Å². The van der Waals surface area contributed by atoms with Crippen LogP contribution in [-0.4, -0.2) is 20.1 Å². The molecule has 0 aromatic heterocycles. The van der Waals surface area contributed by atoms with E-state index in [9.17, 15) is 13.2 Å². The number of halogens is 1. The van der Waals surface area contributed by atoms with E-state index in [0.717, 1.165) is 0 Å². The van der Waals surface area contributed by atoms with Gasteiger partial charge in [0.15, 0.2) is 9.84 Å². The molecule has 0 atom stereocenters. The number of nitrogens with one attached hydrogen (secondary N) is 1. The molecule has 0 saturated carbocycles. The Labute approximate surface area is 139 Å². The maximum atomic E-state index is 12.1. The second kappa shape index (κ2) is 7.27. The molecule has 2 aromatic carbocycles. The minimum atomic E-state index is -3.50. The first-order valence-corrected chi connectivity index (χ1v) is 8.73. The van der Waals surface area contributed by atoms with Gasteiger partial charge in [0.05, 0.1) is 21.2 Å². The van der Waals surface area contributed by atoms with Crippen LogP contribution in [0.2, 0.25) is 5.02 Å². The predicted octanol–water partition coefficient (Wildman–Crippen LogP) is 3.01. The summed E-state index contributed by atoms with van der Waals surface area (Å²) in [5.41, 5.74) is 0.715. The summed E-state index contributed by atoms with van der Waals surface area (Å²) in [7, 11) is -3.50. The van der Waals surface area contributed by atoms with Gasteiger partial charge in [-0.1, -0.05) is 29.8 Å². The standard InChI is InChI=1S/C16H13ClN2O3S/c17-15-10-13(7-6-12(15)11-18)19-16(20)8-9-23(21,22)14-4-2-1-3-5-14/h1-7,10H,8-9H2,(H,19,20). The summed E-state index contributed by atoms with van der Waals surface area (Å²) in [5.74, 6) is -0.724. The number of anilines is 1. The fourth-order valence-electron chi connectivity index (χ4n) is 1.88. The van der Waals surface area contributed by atoms with Gasteiger partial charge in [0.1, 0.15) is 6.07 Å². The maximum Gasteiger partial charge on any atom is 0.225 e. The molecule has 0 unspecified atom stereocenters. The highest BCUT2D eigenvalue weighted by Crippen LogP contribution is 2.20. The number of hydrogen-bond acceptors (Lipinski definition) is 4. The summed E-state index contributed by atoms with van der Waals surface area (Å²) in [6.07, 6.45) is -0.172. The van der Waals surface area contributed by atoms with E-state index in [1.165, 1.54) is 30.3 Å². The van der Waals surface area contributed by atoms with Crippen molar-refractivity contribution in [2.24, 2.45) is 0 Å². The molecule has 0 fully saturated rings. The summed E-state index contributed by atoms with van der Waals surface area (Å²) in [6.45, 7) is 0. The highest BCUT2D eigenvalue weighted by atomic mass is 35.5. The largest absolute Gasteiger partial charge is 0.326 e. The molecule has 2 aromatic rings. The van der Waals surface area contributed by atoms with Crippen LogP contribution < -0.4 is 5.32 Å². The van der Waals surface area contributed by atoms with Crippen LogP contribution in [0.25, 0.3) is 0 Å². The Morgan fingerprint density at radius 3 is 2.48 bits per heavy atom. The van der Waals surface area contributed by atoms with Gasteiger partial charge in [0.25, 0.3) is 0 Å². The molecule has 1 N–H and O–H groups in total. The number of carbonyl (C=O) groups is 1. The number of hydrogen-bond donors (Lipinski definition) is 1. The van der Waals surface area contributed by atoms with Crippen LogP contribution in [0.5, 0.6) is 0 Å². The molecule has 0 aliphatic rings. The third kappa shape index (κ3) is 4.55. The van der Waals surface area contributed by atoms with Crippen molar-refractivity contribution in [1.29, 1.82) is 5.26 Å². The van der Waals surface area contributed by atoms with E-state index < -0.39 is 15.7 Å². The van der Waals surface area contributed by atoms with Crippen molar-refractivity contribution < 1.29 is 13.2 Å². The molecule has 0 aliphatic heterocycles. The Kier molecular flexibility index (Phi) is 5.37. The Hall–Kier alpha value is -2.36. The zero-order valence-corrected chi connectivity index (χ0v) is 13.6. The molecule has 0 aliphatic carbocycles. The fourth-order valence-corrected chi connectivity index (χ4v) is 3.36. The Morgan fingerprint density at radius 2 is 1.87 bits per heavy atom. The number of benzene rings is 2. The minimum Gasteiger partial charge on any atom is -0.326 e. The molecule has 5 nitrogen and oxygen atoms in total. The Morgan fingerprint density at radius 1 is 1.17 bits per heavy atom. The second-order valence-corrected chi connectivity index (χ2v) is 7.25. The quantitative estimate of drug-likeness (QED) is 0.899. The van der Waals surface area contributed by atoms with E-state index in [1.54, 1.807) is 18.2 Å². The van der Waals surface area contributed by atoms with Crippen molar-refractivity contribution >= 4 is 33.0 Å². The summed E-state index contributed by atoms with van der Waals surface area (Å²) in [4.78, 5) is 12.1. The van der Waals surface area contributed by atoms with Crippen LogP contribution in [0, 0.1) is 11.3 Å². The normalized spacial score (nSPS) is 10.8. The number of rotatable bonds is 5.